The summed E-state index contributed by atoms with van der Waals surface area (Å²) in [4.78, 5) is 1.50. The topological polar surface area (TPSA) is 0 Å². The van der Waals surface area contributed by atoms with Gasteiger partial charge >= 0.3 is 0 Å². The van der Waals surface area contributed by atoms with Crippen LogP contribution in [-0.4, -0.2) is 0 Å². The molecule has 0 saturated heterocycles. The van der Waals surface area contributed by atoms with Gasteiger partial charge in [0, 0.05) is 20.9 Å². The van der Waals surface area contributed by atoms with Gasteiger partial charge in [0.05, 0.1) is 5.41 Å². The van der Waals surface area contributed by atoms with Crippen molar-refractivity contribution in [2.24, 2.45) is 5.92 Å². The van der Waals surface area contributed by atoms with Crippen LogP contribution < -0.4 is 0 Å². The molecule has 296 valence electrons. The molecule has 1 aromatic heterocycles. The highest BCUT2D eigenvalue weighted by Crippen LogP contribution is 2.64. The molecular formula is C63H38S. The van der Waals surface area contributed by atoms with Crippen molar-refractivity contribution < 1.29 is 0 Å². The summed E-state index contributed by atoms with van der Waals surface area (Å²) in [5, 5.41) is 11.6. The van der Waals surface area contributed by atoms with Gasteiger partial charge in [0.1, 0.15) is 0 Å². The Morgan fingerprint density at radius 2 is 1.06 bits per heavy atom. The molecule has 64 heavy (non-hydrogen) atoms. The van der Waals surface area contributed by atoms with Crippen molar-refractivity contribution in [1.82, 2.24) is 0 Å². The Morgan fingerprint density at radius 3 is 1.78 bits per heavy atom. The fourth-order valence-corrected chi connectivity index (χ4v) is 13.7. The molecule has 0 N–H and O–H groups in total. The van der Waals surface area contributed by atoms with Crippen LogP contribution in [0.3, 0.4) is 0 Å². The van der Waals surface area contributed by atoms with Gasteiger partial charge in [-0.3, -0.25) is 0 Å². The van der Waals surface area contributed by atoms with Crippen molar-refractivity contribution in [3.63, 3.8) is 0 Å². The molecule has 1 spiro atoms. The summed E-state index contributed by atoms with van der Waals surface area (Å²) >= 11 is 1.97. The maximum absolute atomic E-state index is 2.49. The Bertz CT molecular complexity index is 3890. The van der Waals surface area contributed by atoms with E-state index < -0.39 is 5.41 Å². The van der Waals surface area contributed by atoms with E-state index in [9.17, 15) is 0 Å². The molecule has 1 unspecified atom stereocenters. The van der Waals surface area contributed by atoms with Crippen molar-refractivity contribution in [3.8, 4) is 44.5 Å². The van der Waals surface area contributed by atoms with Crippen molar-refractivity contribution in [2.45, 2.75) is 11.8 Å². The summed E-state index contributed by atoms with van der Waals surface area (Å²) in [6.07, 6.45) is 12.6. The summed E-state index contributed by atoms with van der Waals surface area (Å²) in [6, 6.07) is 69.7. The molecule has 4 aliphatic carbocycles. The van der Waals surface area contributed by atoms with Gasteiger partial charge in [-0.05, 0) is 164 Å². The van der Waals surface area contributed by atoms with Gasteiger partial charge in [0.2, 0.25) is 0 Å². The highest BCUT2D eigenvalue weighted by molar-refractivity contribution is 7.19. The van der Waals surface area contributed by atoms with E-state index in [1.807, 2.05) is 11.3 Å². The molecule has 0 fully saturated rings. The van der Waals surface area contributed by atoms with E-state index >= 15 is 0 Å². The smallest absolute Gasteiger partial charge is 0.0731 e. The third-order valence-corrected chi connectivity index (χ3v) is 16.3. The minimum atomic E-state index is -0.435. The zero-order valence-electron chi connectivity index (χ0n) is 34.9. The summed E-state index contributed by atoms with van der Waals surface area (Å²) in [5.74, 6) is 0.482. The zero-order chi connectivity index (χ0) is 41.7. The van der Waals surface area contributed by atoms with E-state index in [1.54, 1.807) is 0 Å². The van der Waals surface area contributed by atoms with Gasteiger partial charge in [0.25, 0.3) is 0 Å². The van der Waals surface area contributed by atoms with E-state index in [1.165, 1.54) is 136 Å². The van der Waals surface area contributed by atoms with Crippen LogP contribution in [0.5, 0.6) is 0 Å². The third-order valence-electron chi connectivity index (χ3n) is 15.1. The Balaban J connectivity index is 0.965. The summed E-state index contributed by atoms with van der Waals surface area (Å²) in [7, 11) is 0. The molecule has 10 aromatic carbocycles. The minimum Gasteiger partial charge on any atom is -0.140 e. The van der Waals surface area contributed by atoms with Crippen molar-refractivity contribution in [2.75, 3.05) is 0 Å². The molecule has 1 atom stereocenters. The molecular weight excluding hydrogens is 789 g/mol. The van der Waals surface area contributed by atoms with Crippen LogP contribution >= 0.6 is 11.3 Å². The number of hydrogen-bond acceptors (Lipinski definition) is 1. The van der Waals surface area contributed by atoms with E-state index in [2.05, 4.69) is 212 Å². The Hall–Kier alpha value is -7.58. The SMILES string of the molecule is C1=CC2=Cc3c(sc4ccc(-c5c6ccccc6c(-c6ccc7c8c(ccc7c6)-c6cc7ccccc7cc6C86c7ccccc7-c7ccccc76)c6ccccc56)cc34)CC2C=C1. The molecule has 1 heteroatoms. The van der Waals surface area contributed by atoms with Gasteiger partial charge in [-0.15, -0.1) is 11.3 Å². The molecule has 0 radical (unpaired) electrons. The molecule has 4 aliphatic rings. The van der Waals surface area contributed by atoms with Gasteiger partial charge in [-0.1, -0.05) is 176 Å². The number of fused-ring (bicyclic) bond motifs is 19. The monoisotopic (exact) mass is 826 g/mol. The second-order valence-electron chi connectivity index (χ2n) is 18.2. The lowest BCUT2D eigenvalue weighted by atomic mass is 9.69. The van der Waals surface area contributed by atoms with Crippen LogP contribution in [0.25, 0.3) is 104 Å². The first-order chi connectivity index (χ1) is 31.7. The first-order valence-electron chi connectivity index (χ1n) is 22.6. The highest BCUT2D eigenvalue weighted by Gasteiger charge is 2.52. The number of allylic oxidation sites excluding steroid dienone is 5. The van der Waals surface area contributed by atoms with Crippen LogP contribution in [0.4, 0.5) is 0 Å². The predicted molar refractivity (Wildman–Crippen MR) is 272 cm³/mol. The van der Waals surface area contributed by atoms with Crippen LogP contribution in [0.1, 0.15) is 32.7 Å². The normalized spacial score (nSPS) is 16.0. The maximum atomic E-state index is 2.49. The Kier molecular flexibility index (Phi) is 6.97. The third kappa shape index (κ3) is 4.52. The second kappa shape index (κ2) is 12.8. The summed E-state index contributed by atoms with van der Waals surface area (Å²) < 4.78 is 1.37. The van der Waals surface area contributed by atoms with Crippen LogP contribution in [-0.2, 0) is 11.8 Å². The Morgan fingerprint density at radius 1 is 0.438 bits per heavy atom. The van der Waals surface area contributed by atoms with E-state index in [0.29, 0.717) is 5.92 Å². The van der Waals surface area contributed by atoms with Gasteiger partial charge < -0.3 is 0 Å². The number of benzene rings is 10. The second-order valence-corrected chi connectivity index (χ2v) is 19.3. The zero-order valence-corrected chi connectivity index (χ0v) is 35.7. The minimum absolute atomic E-state index is 0.435. The molecule has 0 nitrogen and oxygen atoms in total. The lowest BCUT2D eigenvalue weighted by Gasteiger charge is -2.31. The van der Waals surface area contributed by atoms with E-state index in [4.69, 9.17) is 0 Å². The maximum Gasteiger partial charge on any atom is 0.0731 e. The largest absolute Gasteiger partial charge is 0.140 e. The van der Waals surface area contributed by atoms with Crippen LogP contribution in [0.2, 0.25) is 0 Å². The quantitative estimate of drug-likeness (QED) is 0.152. The lowest BCUT2D eigenvalue weighted by Crippen LogP contribution is -2.26. The fourth-order valence-electron chi connectivity index (χ4n) is 12.5. The van der Waals surface area contributed by atoms with Gasteiger partial charge in [0.15, 0.2) is 0 Å². The van der Waals surface area contributed by atoms with Crippen molar-refractivity contribution >= 4 is 70.6 Å². The summed E-state index contributed by atoms with van der Waals surface area (Å²) in [5.41, 5.74) is 18.4. The first-order valence-corrected chi connectivity index (χ1v) is 23.4. The first kappa shape index (κ1) is 34.9. The molecule has 0 bridgehead atoms. The van der Waals surface area contributed by atoms with E-state index in [-0.39, 0.29) is 0 Å². The average Bonchev–Trinajstić information content (AvgIpc) is 3.96. The highest BCUT2D eigenvalue weighted by atomic mass is 32.1. The predicted octanol–water partition coefficient (Wildman–Crippen LogP) is 16.9. The van der Waals surface area contributed by atoms with E-state index in [0.717, 1.165) is 6.42 Å². The van der Waals surface area contributed by atoms with Crippen molar-refractivity contribution in [3.05, 3.63) is 245 Å². The van der Waals surface area contributed by atoms with Gasteiger partial charge in [-0.2, -0.15) is 0 Å². The molecule has 11 aromatic rings. The number of hydrogen-bond donors (Lipinski definition) is 0. The van der Waals surface area contributed by atoms with Crippen LogP contribution in [0.15, 0.2) is 212 Å². The molecule has 15 rings (SSSR count). The molecule has 0 saturated carbocycles. The lowest BCUT2D eigenvalue weighted by molar-refractivity contribution is 0.771. The number of thiophene rings is 1. The fraction of sp³-hybridized carbons (Fsp3) is 0.0476. The average molecular weight is 827 g/mol. The molecule has 0 aliphatic heterocycles. The summed E-state index contributed by atoms with van der Waals surface area (Å²) in [6.45, 7) is 0. The standard InChI is InChI=1S/C63H38S/c1-3-15-39-35-57-52(32-37(39)13-1)51-29-25-41-31-42(26-28-44(41)62(51)63(57)55-23-11-9-17-45(55)46-18-10-12-24-56(46)63)60-47-19-5-7-21-49(47)61(50-22-8-6-20-48(50)60)43-27-30-58-53(34-43)54-33-38-14-2-4-16-40(38)36-59(54)64-58/h1-35,40H,36H2. The molecule has 0 amide bonds. The van der Waals surface area contributed by atoms with Crippen molar-refractivity contribution in [1.29, 1.82) is 0 Å². The van der Waals surface area contributed by atoms with Crippen LogP contribution in [0, 0.1) is 5.92 Å². The van der Waals surface area contributed by atoms with Gasteiger partial charge in [-0.25, -0.2) is 0 Å². The Labute approximate surface area is 375 Å². The number of rotatable bonds is 2. The molecule has 1 heterocycles.